The minimum absolute atomic E-state index is 0.0681. The predicted molar refractivity (Wildman–Crippen MR) is 116 cm³/mol. The topological polar surface area (TPSA) is 64.1 Å². The molecule has 0 saturated heterocycles. The number of fused-ring (bicyclic) bond motifs is 1. The standard InChI is InChI=1S/C21H23N3O2S2/c1-4-26-16-8-6-5-7-15(16)22-17(25)11-27-20-18-12(2)13(3)28-21(18)24-19(23-20)14-9-10-14/h5-8,14H,4,9-11H2,1-3H3,(H,22,25). The van der Waals surface area contributed by atoms with Gasteiger partial charge in [-0.2, -0.15) is 0 Å². The largest absolute Gasteiger partial charge is 0.492 e. The monoisotopic (exact) mass is 413 g/mol. The van der Waals surface area contributed by atoms with Gasteiger partial charge in [-0.15, -0.1) is 11.3 Å². The summed E-state index contributed by atoms with van der Waals surface area (Å²) in [6, 6.07) is 7.50. The third-order valence-corrected chi connectivity index (χ3v) is 6.83. The van der Waals surface area contributed by atoms with Crippen LogP contribution < -0.4 is 10.1 Å². The van der Waals surface area contributed by atoms with E-state index in [4.69, 9.17) is 14.7 Å². The second-order valence-electron chi connectivity index (χ2n) is 6.89. The number of ether oxygens (including phenoxy) is 1. The van der Waals surface area contributed by atoms with Gasteiger partial charge in [0.25, 0.3) is 0 Å². The minimum atomic E-state index is -0.0681. The van der Waals surface area contributed by atoms with Crippen LogP contribution >= 0.6 is 23.1 Å². The van der Waals surface area contributed by atoms with Crippen molar-refractivity contribution in [2.45, 2.75) is 44.6 Å². The molecule has 4 rings (SSSR count). The molecule has 2 aromatic heterocycles. The minimum Gasteiger partial charge on any atom is -0.492 e. The lowest BCUT2D eigenvalue weighted by molar-refractivity contribution is -0.113. The van der Waals surface area contributed by atoms with E-state index in [0.29, 0.717) is 29.7 Å². The zero-order valence-corrected chi connectivity index (χ0v) is 17.9. The zero-order chi connectivity index (χ0) is 19.7. The summed E-state index contributed by atoms with van der Waals surface area (Å²) in [7, 11) is 0. The number of para-hydroxylation sites is 2. The summed E-state index contributed by atoms with van der Waals surface area (Å²) in [4.78, 5) is 24.5. The first-order valence-electron chi connectivity index (χ1n) is 9.49. The summed E-state index contributed by atoms with van der Waals surface area (Å²) in [5.74, 6) is 2.33. The number of benzene rings is 1. The van der Waals surface area contributed by atoms with Crippen LogP contribution in [-0.2, 0) is 4.79 Å². The Morgan fingerprint density at radius 2 is 2.07 bits per heavy atom. The Labute approximate surface area is 172 Å². The summed E-state index contributed by atoms with van der Waals surface area (Å²) in [6.45, 7) is 6.71. The molecule has 0 radical (unpaired) electrons. The first-order valence-corrected chi connectivity index (χ1v) is 11.3. The van der Waals surface area contributed by atoms with Gasteiger partial charge in [0.15, 0.2) is 0 Å². The molecule has 0 bridgehead atoms. The van der Waals surface area contributed by atoms with Gasteiger partial charge in [0, 0.05) is 16.2 Å². The molecule has 146 valence electrons. The third kappa shape index (κ3) is 4.00. The maximum absolute atomic E-state index is 12.6. The molecular weight excluding hydrogens is 390 g/mol. The Hall–Kier alpha value is -2.12. The van der Waals surface area contributed by atoms with Gasteiger partial charge in [-0.1, -0.05) is 23.9 Å². The third-order valence-electron chi connectivity index (χ3n) is 4.76. The van der Waals surface area contributed by atoms with Gasteiger partial charge in [-0.3, -0.25) is 4.79 Å². The molecule has 2 heterocycles. The number of aryl methyl sites for hydroxylation is 2. The van der Waals surface area contributed by atoms with Crippen molar-refractivity contribution >= 4 is 44.9 Å². The molecule has 3 aromatic rings. The number of rotatable bonds is 7. The zero-order valence-electron chi connectivity index (χ0n) is 16.2. The van der Waals surface area contributed by atoms with Crippen LogP contribution in [-0.4, -0.2) is 28.2 Å². The number of nitrogens with one attached hydrogen (secondary N) is 1. The van der Waals surface area contributed by atoms with Crippen LogP contribution in [0.4, 0.5) is 5.69 Å². The van der Waals surface area contributed by atoms with Gasteiger partial charge in [0.2, 0.25) is 5.91 Å². The smallest absolute Gasteiger partial charge is 0.234 e. The predicted octanol–water partition coefficient (Wildman–Crippen LogP) is 5.32. The first kappa shape index (κ1) is 19.2. The average molecular weight is 414 g/mol. The number of carbonyl (C=O) groups excluding carboxylic acids is 1. The Morgan fingerprint density at radius 3 is 2.82 bits per heavy atom. The summed E-state index contributed by atoms with van der Waals surface area (Å²) in [5, 5.41) is 4.97. The Kier molecular flexibility index (Phi) is 5.55. The normalized spacial score (nSPS) is 13.7. The lowest BCUT2D eigenvalue weighted by atomic mass is 10.2. The first-order chi connectivity index (χ1) is 13.6. The number of aromatic nitrogens is 2. The highest BCUT2D eigenvalue weighted by Gasteiger charge is 2.28. The van der Waals surface area contributed by atoms with Gasteiger partial charge in [0.1, 0.15) is 21.4 Å². The maximum Gasteiger partial charge on any atom is 0.234 e. The molecule has 1 aliphatic carbocycles. The van der Waals surface area contributed by atoms with Crippen molar-refractivity contribution in [3.05, 3.63) is 40.5 Å². The maximum atomic E-state index is 12.6. The van der Waals surface area contributed by atoms with Crippen LogP contribution in [0, 0.1) is 13.8 Å². The molecule has 0 aliphatic heterocycles. The van der Waals surface area contributed by atoms with E-state index in [1.807, 2.05) is 31.2 Å². The number of thioether (sulfide) groups is 1. The molecular formula is C21H23N3O2S2. The van der Waals surface area contributed by atoms with Crippen molar-refractivity contribution in [3.8, 4) is 5.75 Å². The lowest BCUT2D eigenvalue weighted by Crippen LogP contribution is -2.15. The molecule has 7 heteroatoms. The summed E-state index contributed by atoms with van der Waals surface area (Å²) < 4.78 is 5.59. The molecule has 1 N–H and O–H groups in total. The quantitative estimate of drug-likeness (QED) is 0.420. The number of anilines is 1. The van der Waals surface area contributed by atoms with Gasteiger partial charge >= 0.3 is 0 Å². The highest BCUT2D eigenvalue weighted by atomic mass is 32.2. The summed E-state index contributed by atoms with van der Waals surface area (Å²) in [6.07, 6.45) is 2.32. The Balaban J connectivity index is 1.53. The van der Waals surface area contributed by atoms with E-state index >= 15 is 0 Å². The van der Waals surface area contributed by atoms with Crippen LogP contribution in [0.5, 0.6) is 5.75 Å². The number of hydrogen-bond donors (Lipinski definition) is 1. The fraction of sp³-hybridized carbons (Fsp3) is 0.381. The fourth-order valence-corrected chi connectivity index (χ4v) is 5.02. The number of carbonyl (C=O) groups is 1. The van der Waals surface area contributed by atoms with Crippen LogP contribution in [0.3, 0.4) is 0 Å². The van der Waals surface area contributed by atoms with Crippen molar-refractivity contribution in [2.75, 3.05) is 17.7 Å². The molecule has 1 fully saturated rings. The van der Waals surface area contributed by atoms with E-state index in [1.165, 1.54) is 22.2 Å². The number of thiophene rings is 1. The van der Waals surface area contributed by atoms with Crippen molar-refractivity contribution in [1.82, 2.24) is 9.97 Å². The lowest BCUT2D eigenvalue weighted by Gasteiger charge is -2.11. The van der Waals surface area contributed by atoms with Crippen LogP contribution in [0.15, 0.2) is 29.3 Å². The van der Waals surface area contributed by atoms with Gasteiger partial charge < -0.3 is 10.1 Å². The van der Waals surface area contributed by atoms with E-state index in [1.54, 1.807) is 11.3 Å². The van der Waals surface area contributed by atoms with Gasteiger partial charge in [0.05, 0.1) is 18.0 Å². The van der Waals surface area contributed by atoms with Crippen molar-refractivity contribution in [1.29, 1.82) is 0 Å². The molecule has 1 saturated carbocycles. The van der Waals surface area contributed by atoms with Crippen molar-refractivity contribution in [2.24, 2.45) is 0 Å². The molecule has 0 spiro atoms. The molecule has 1 aromatic carbocycles. The summed E-state index contributed by atoms with van der Waals surface area (Å²) >= 11 is 3.20. The number of nitrogens with zero attached hydrogens (tertiary/aromatic N) is 2. The number of hydrogen-bond acceptors (Lipinski definition) is 6. The molecule has 1 amide bonds. The SMILES string of the molecule is CCOc1ccccc1NC(=O)CSc1nc(C2CC2)nc2sc(C)c(C)c12. The highest BCUT2D eigenvalue weighted by molar-refractivity contribution is 8.00. The highest BCUT2D eigenvalue weighted by Crippen LogP contribution is 2.42. The van der Waals surface area contributed by atoms with Crippen LogP contribution in [0.1, 0.15) is 41.9 Å². The van der Waals surface area contributed by atoms with Gasteiger partial charge in [-0.05, 0) is 51.3 Å². The molecule has 1 aliphatic rings. The molecule has 0 unspecified atom stereocenters. The Bertz CT molecular complexity index is 1030. The van der Waals surface area contributed by atoms with E-state index < -0.39 is 0 Å². The van der Waals surface area contributed by atoms with Crippen molar-refractivity contribution < 1.29 is 9.53 Å². The second kappa shape index (κ2) is 8.09. The molecule has 0 atom stereocenters. The molecule has 5 nitrogen and oxygen atoms in total. The van der Waals surface area contributed by atoms with E-state index in [0.717, 1.165) is 33.9 Å². The van der Waals surface area contributed by atoms with E-state index in [-0.39, 0.29) is 5.91 Å². The fourth-order valence-electron chi connectivity index (χ4n) is 3.03. The van der Waals surface area contributed by atoms with Crippen LogP contribution in [0.25, 0.3) is 10.2 Å². The molecule has 28 heavy (non-hydrogen) atoms. The second-order valence-corrected chi connectivity index (χ2v) is 9.06. The average Bonchev–Trinajstić information content (AvgIpc) is 3.48. The van der Waals surface area contributed by atoms with Gasteiger partial charge in [-0.25, -0.2) is 9.97 Å². The number of amides is 1. The summed E-state index contributed by atoms with van der Waals surface area (Å²) in [5.41, 5.74) is 1.91. The van der Waals surface area contributed by atoms with E-state index in [9.17, 15) is 4.79 Å². The van der Waals surface area contributed by atoms with Crippen molar-refractivity contribution in [3.63, 3.8) is 0 Å². The Morgan fingerprint density at radius 1 is 1.29 bits per heavy atom. The van der Waals surface area contributed by atoms with E-state index in [2.05, 4.69) is 19.2 Å². The van der Waals surface area contributed by atoms with Crippen LogP contribution in [0.2, 0.25) is 0 Å².